The molecule has 3 N–H and O–H groups in total. The second kappa shape index (κ2) is 8.00. The molecule has 2 aromatic carbocycles. The van der Waals surface area contributed by atoms with Crippen LogP contribution in [0.4, 0.5) is 11.6 Å². The molecule has 0 amide bonds. The predicted octanol–water partition coefficient (Wildman–Crippen LogP) is 3.86. The summed E-state index contributed by atoms with van der Waals surface area (Å²) in [6, 6.07) is 10.4. The molecule has 0 saturated carbocycles. The van der Waals surface area contributed by atoms with Gasteiger partial charge in [0.2, 0.25) is 5.95 Å². The quantitative estimate of drug-likeness (QED) is 0.600. The molecule has 7 nitrogen and oxygen atoms in total. The van der Waals surface area contributed by atoms with Crippen molar-refractivity contribution in [3.63, 3.8) is 0 Å². The van der Waals surface area contributed by atoms with E-state index in [9.17, 15) is 4.79 Å². The van der Waals surface area contributed by atoms with Crippen molar-refractivity contribution >= 4 is 40.1 Å². The number of fused-ring (bicyclic) bond motifs is 1. The minimum absolute atomic E-state index is 0.0457. The summed E-state index contributed by atoms with van der Waals surface area (Å²) < 4.78 is 6.19. The summed E-state index contributed by atoms with van der Waals surface area (Å²) in [5.41, 5.74) is 1.38. The number of aromatic nitrogens is 2. The standard InChI is InChI=1S/C20H19ClN4O3/c21-16-10-13(4-5-15(16)19(26)27)24-20-23-11-12-2-1-3-17(18(12)25-20)28-14-6-8-22-9-7-14/h1-5,10-11,14,22H,6-9H2,(H,26,27)(H,23,24,25). The molecule has 28 heavy (non-hydrogen) atoms. The number of aromatic carboxylic acids is 1. The third-order valence-corrected chi connectivity index (χ3v) is 4.92. The van der Waals surface area contributed by atoms with Crippen LogP contribution in [0.3, 0.4) is 0 Å². The highest BCUT2D eigenvalue weighted by atomic mass is 35.5. The van der Waals surface area contributed by atoms with Crippen LogP contribution in [0, 0.1) is 0 Å². The van der Waals surface area contributed by atoms with E-state index in [1.165, 1.54) is 12.1 Å². The van der Waals surface area contributed by atoms with Crippen LogP contribution < -0.4 is 15.4 Å². The molecule has 8 heteroatoms. The van der Waals surface area contributed by atoms with Crippen molar-refractivity contribution in [1.29, 1.82) is 0 Å². The van der Waals surface area contributed by atoms with Crippen LogP contribution in [0.25, 0.3) is 10.9 Å². The number of hydrogen-bond donors (Lipinski definition) is 3. The number of para-hydroxylation sites is 1. The van der Waals surface area contributed by atoms with Crippen molar-refractivity contribution in [2.75, 3.05) is 18.4 Å². The molecular weight excluding hydrogens is 380 g/mol. The zero-order valence-electron chi connectivity index (χ0n) is 15.0. The van der Waals surface area contributed by atoms with Crippen molar-refractivity contribution in [2.45, 2.75) is 18.9 Å². The topological polar surface area (TPSA) is 96.4 Å². The highest BCUT2D eigenvalue weighted by molar-refractivity contribution is 6.33. The molecule has 1 aliphatic rings. The number of piperidine rings is 1. The summed E-state index contributed by atoms with van der Waals surface area (Å²) in [4.78, 5) is 20.0. The number of carbonyl (C=O) groups is 1. The van der Waals surface area contributed by atoms with Crippen LogP contribution in [0.5, 0.6) is 5.75 Å². The molecule has 1 aromatic heterocycles. The van der Waals surface area contributed by atoms with Gasteiger partial charge in [-0.3, -0.25) is 0 Å². The van der Waals surface area contributed by atoms with Crippen molar-refractivity contribution in [1.82, 2.24) is 15.3 Å². The van der Waals surface area contributed by atoms with Gasteiger partial charge in [0.25, 0.3) is 0 Å². The number of carboxylic acids is 1. The molecule has 4 rings (SSSR count). The summed E-state index contributed by atoms with van der Waals surface area (Å²) in [5, 5.41) is 16.5. The van der Waals surface area contributed by atoms with Gasteiger partial charge in [-0.05, 0) is 50.2 Å². The lowest BCUT2D eigenvalue weighted by atomic mass is 10.1. The summed E-state index contributed by atoms with van der Waals surface area (Å²) in [6.07, 6.45) is 3.82. The van der Waals surface area contributed by atoms with E-state index < -0.39 is 5.97 Å². The van der Waals surface area contributed by atoms with Crippen LogP contribution in [-0.4, -0.2) is 40.2 Å². The van der Waals surface area contributed by atoms with Gasteiger partial charge < -0.3 is 20.5 Å². The minimum Gasteiger partial charge on any atom is -0.488 e. The number of benzene rings is 2. The molecule has 1 saturated heterocycles. The van der Waals surface area contributed by atoms with E-state index in [0.29, 0.717) is 11.6 Å². The lowest BCUT2D eigenvalue weighted by Gasteiger charge is -2.24. The van der Waals surface area contributed by atoms with Crippen LogP contribution in [0.15, 0.2) is 42.6 Å². The van der Waals surface area contributed by atoms with E-state index in [1.807, 2.05) is 18.2 Å². The number of carboxylic acid groups (broad SMARTS) is 1. The van der Waals surface area contributed by atoms with E-state index in [2.05, 4.69) is 20.6 Å². The molecule has 0 bridgehead atoms. The fraction of sp³-hybridized carbons (Fsp3) is 0.250. The molecule has 0 spiro atoms. The first-order valence-electron chi connectivity index (χ1n) is 9.03. The van der Waals surface area contributed by atoms with E-state index in [-0.39, 0.29) is 16.7 Å². The lowest BCUT2D eigenvalue weighted by molar-refractivity contribution is 0.0697. The van der Waals surface area contributed by atoms with Crippen LogP contribution in [0.2, 0.25) is 5.02 Å². The second-order valence-electron chi connectivity index (χ2n) is 6.58. The first kappa shape index (κ1) is 18.5. The molecule has 1 fully saturated rings. The minimum atomic E-state index is -1.07. The Balaban J connectivity index is 1.60. The zero-order chi connectivity index (χ0) is 19.5. The molecule has 144 valence electrons. The van der Waals surface area contributed by atoms with Gasteiger partial charge in [-0.25, -0.2) is 14.8 Å². The maximum Gasteiger partial charge on any atom is 0.337 e. The van der Waals surface area contributed by atoms with E-state index in [1.54, 1.807) is 12.3 Å². The van der Waals surface area contributed by atoms with Gasteiger partial charge in [-0.1, -0.05) is 23.7 Å². The van der Waals surface area contributed by atoms with Gasteiger partial charge in [-0.2, -0.15) is 0 Å². The fourth-order valence-corrected chi connectivity index (χ4v) is 3.43. The van der Waals surface area contributed by atoms with Gasteiger partial charge in [0, 0.05) is 17.3 Å². The molecular formula is C20H19ClN4O3. The number of rotatable bonds is 5. The Kier molecular flexibility index (Phi) is 5.27. The lowest BCUT2D eigenvalue weighted by Crippen LogP contribution is -2.34. The highest BCUT2D eigenvalue weighted by Crippen LogP contribution is 2.28. The summed E-state index contributed by atoms with van der Waals surface area (Å²) in [7, 11) is 0. The van der Waals surface area contributed by atoms with Crippen molar-refractivity contribution < 1.29 is 14.6 Å². The van der Waals surface area contributed by atoms with Gasteiger partial charge in [0.1, 0.15) is 17.4 Å². The van der Waals surface area contributed by atoms with Gasteiger partial charge in [0.05, 0.1) is 10.6 Å². The summed E-state index contributed by atoms with van der Waals surface area (Å²) >= 11 is 6.03. The Morgan fingerprint density at radius 1 is 1.25 bits per heavy atom. The first-order chi connectivity index (χ1) is 13.6. The molecule has 0 atom stereocenters. The number of hydrogen-bond acceptors (Lipinski definition) is 6. The maximum atomic E-state index is 11.1. The Hall–Kier alpha value is -2.90. The molecule has 0 unspecified atom stereocenters. The molecule has 0 aliphatic carbocycles. The third kappa shape index (κ3) is 4.00. The number of nitrogens with one attached hydrogen (secondary N) is 2. The Morgan fingerprint density at radius 2 is 2.07 bits per heavy atom. The van der Waals surface area contributed by atoms with Crippen molar-refractivity contribution in [2.24, 2.45) is 0 Å². The first-order valence-corrected chi connectivity index (χ1v) is 9.41. The zero-order valence-corrected chi connectivity index (χ0v) is 15.7. The normalized spacial score (nSPS) is 14.8. The largest absolute Gasteiger partial charge is 0.488 e. The van der Waals surface area contributed by atoms with Crippen molar-refractivity contribution in [3.05, 3.63) is 53.2 Å². The third-order valence-electron chi connectivity index (χ3n) is 4.61. The number of anilines is 2. The van der Waals surface area contributed by atoms with Gasteiger partial charge in [0.15, 0.2) is 0 Å². The van der Waals surface area contributed by atoms with E-state index >= 15 is 0 Å². The Bertz CT molecular complexity index is 1020. The average molecular weight is 399 g/mol. The highest BCUT2D eigenvalue weighted by Gasteiger charge is 2.16. The molecule has 0 radical (unpaired) electrons. The number of halogens is 1. The molecule has 2 heterocycles. The fourth-order valence-electron chi connectivity index (χ4n) is 3.17. The van der Waals surface area contributed by atoms with Gasteiger partial charge in [-0.15, -0.1) is 0 Å². The smallest absolute Gasteiger partial charge is 0.337 e. The van der Waals surface area contributed by atoms with Gasteiger partial charge >= 0.3 is 5.97 Å². The second-order valence-corrected chi connectivity index (χ2v) is 6.99. The maximum absolute atomic E-state index is 11.1. The number of nitrogens with zero attached hydrogens (tertiary/aromatic N) is 2. The van der Waals surface area contributed by atoms with Crippen LogP contribution >= 0.6 is 11.6 Å². The SMILES string of the molecule is O=C(O)c1ccc(Nc2ncc3cccc(OC4CCNCC4)c3n2)cc1Cl. The molecule has 3 aromatic rings. The number of ether oxygens (including phenoxy) is 1. The van der Waals surface area contributed by atoms with Crippen molar-refractivity contribution in [3.8, 4) is 5.75 Å². The summed E-state index contributed by atoms with van der Waals surface area (Å²) in [5.74, 6) is 0.0420. The monoisotopic (exact) mass is 398 g/mol. The van der Waals surface area contributed by atoms with E-state index in [4.69, 9.17) is 21.4 Å². The van der Waals surface area contributed by atoms with Crippen LogP contribution in [-0.2, 0) is 0 Å². The molecule has 1 aliphatic heterocycles. The predicted molar refractivity (Wildman–Crippen MR) is 108 cm³/mol. The average Bonchev–Trinajstić information content (AvgIpc) is 2.69. The Labute approximate surface area is 166 Å². The summed E-state index contributed by atoms with van der Waals surface area (Å²) in [6.45, 7) is 1.90. The van der Waals surface area contributed by atoms with E-state index in [0.717, 1.165) is 42.6 Å². The Morgan fingerprint density at radius 3 is 2.82 bits per heavy atom. The van der Waals surface area contributed by atoms with Crippen LogP contribution in [0.1, 0.15) is 23.2 Å².